The van der Waals surface area contributed by atoms with Crippen molar-refractivity contribution in [1.82, 2.24) is 0 Å². The number of hydrogen-bond acceptors (Lipinski definition) is 4. The molecular weight excluding hydrogens is 218 g/mol. The first-order chi connectivity index (χ1) is 8.15. The van der Waals surface area contributed by atoms with E-state index in [-0.39, 0.29) is 6.10 Å². The highest BCUT2D eigenvalue weighted by molar-refractivity contribution is 5.75. The molecule has 4 heteroatoms. The van der Waals surface area contributed by atoms with Crippen molar-refractivity contribution in [3.63, 3.8) is 0 Å². The third-order valence-corrected chi connectivity index (χ3v) is 2.50. The van der Waals surface area contributed by atoms with Crippen LogP contribution in [-0.4, -0.2) is 25.7 Å². The van der Waals surface area contributed by atoms with Crippen LogP contribution in [0.15, 0.2) is 30.3 Å². The first-order valence-electron chi connectivity index (χ1n) is 5.65. The maximum atomic E-state index is 11.6. The molecule has 0 amide bonds. The molecule has 0 saturated carbocycles. The van der Waals surface area contributed by atoms with Gasteiger partial charge in [-0.3, -0.25) is 4.79 Å². The van der Waals surface area contributed by atoms with Gasteiger partial charge in [0.15, 0.2) is 0 Å². The average molecular weight is 237 g/mol. The highest BCUT2D eigenvalue weighted by Gasteiger charge is 2.18. The van der Waals surface area contributed by atoms with Crippen LogP contribution in [0.4, 0.5) is 0 Å². The summed E-state index contributed by atoms with van der Waals surface area (Å²) in [6.45, 7) is 2.28. The SMILES string of the molecule is COCCC(N)C(=O)OC(C)c1ccccc1. The number of hydrogen-bond donors (Lipinski definition) is 1. The van der Waals surface area contributed by atoms with E-state index in [1.165, 1.54) is 0 Å². The lowest BCUT2D eigenvalue weighted by atomic mass is 10.1. The molecule has 0 spiro atoms. The van der Waals surface area contributed by atoms with Gasteiger partial charge in [-0.1, -0.05) is 30.3 Å². The van der Waals surface area contributed by atoms with Crippen LogP contribution in [0.2, 0.25) is 0 Å². The monoisotopic (exact) mass is 237 g/mol. The number of benzene rings is 1. The molecule has 1 aromatic carbocycles. The Morgan fingerprint density at radius 2 is 2.00 bits per heavy atom. The van der Waals surface area contributed by atoms with Gasteiger partial charge in [0, 0.05) is 13.7 Å². The van der Waals surface area contributed by atoms with Crippen LogP contribution < -0.4 is 5.73 Å². The van der Waals surface area contributed by atoms with Crippen molar-refractivity contribution in [2.24, 2.45) is 5.73 Å². The first-order valence-corrected chi connectivity index (χ1v) is 5.65. The largest absolute Gasteiger partial charge is 0.457 e. The first kappa shape index (κ1) is 13.7. The fourth-order valence-electron chi connectivity index (χ4n) is 1.42. The summed E-state index contributed by atoms with van der Waals surface area (Å²) in [4.78, 5) is 11.6. The smallest absolute Gasteiger partial charge is 0.323 e. The number of rotatable bonds is 6. The molecule has 1 rings (SSSR count). The van der Waals surface area contributed by atoms with Crippen molar-refractivity contribution < 1.29 is 14.3 Å². The number of nitrogens with two attached hydrogens (primary N) is 1. The Balaban J connectivity index is 2.46. The molecule has 4 nitrogen and oxygen atoms in total. The summed E-state index contributed by atoms with van der Waals surface area (Å²) >= 11 is 0. The van der Waals surface area contributed by atoms with Crippen molar-refractivity contribution in [2.45, 2.75) is 25.5 Å². The topological polar surface area (TPSA) is 61.5 Å². The molecule has 0 radical (unpaired) electrons. The minimum absolute atomic E-state index is 0.280. The van der Waals surface area contributed by atoms with Gasteiger partial charge in [0.05, 0.1) is 0 Å². The Morgan fingerprint density at radius 3 is 2.59 bits per heavy atom. The third kappa shape index (κ3) is 4.54. The Morgan fingerprint density at radius 1 is 1.35 bits per heavy atom. The summed E-state index contributed by atoms with van der Waals surface area (Å²) < 4.78 is 10.1. The molecule has 0 aliphatic carbocycles. The molecule has 94 valence electrons. The Kier molecular flexibility index (Phi) is 5.66. The Hall–Kier alpha value is -1.39. The summed E-state index contributed by atoms with van der Waals surface area (Å²) in [5, 5.41) is 0. The van der Waals surface area contributed by atoms with Gasteiger partial charge in [0.2, 0.25) is 0 Å². The second-order valence-electron chi connectivity index (χ2n) is 3.88. The molecule has 2 unspecified atom stereocenters. The summed E-state index contributed by atoms with van der Waals surface area (Å²) in [5.74, 6) is -0.390. The molecule has 2 N–H and O–H groups in total. The van der Waals surface area contributed by atoms with E-state index in [1.807, 2.05) is 37.3 Å². The molecule has 0 bridgehead atoms. The van der Waals surface area contributed by atoms with Gasteiger partial charge in [-0.2, -0.15) is 0 Å². The Bertz CT molecular complexity index is 340. The van der Waals surface area contributed by atoms with E-state index in [0.29, 0.717) is 13.0 Å². The van der Waals surface area contributed by atoms with E-state index in [2.05, 4.69) is 0 Å². The van der Waals surface area contributed by atoms with Gasteiger partial charge in [0.1, 0.15) is 12.1 Å². The lowest BCUT2D eigenvalue weighted by Crippen LogP contribution is -2.33. The van der Waals surface area contributed by atoms with Crippen LogP contribution in [0.25, 0.3) is 0 Å². The van der Waals surface area contributed by atoms with Crippen molar-refractivity contribution in [3.05, 3.63) is 35.9 Å². The average Bonchev–Trinajstić information content (AvgIpc) is 2.36. The van der Waals surface area contributed by atoms with Gasteiger partial charge >= 0.3 is 5.97 Å². The van der Waals surface area contributed by atoms with Crippen LogP contribution >= 0.6 is 0 Å². The summed E-state index contributed by atoms with van der Waals surface area (Å²) in [7, 11) is 1.57. The minimum atomic E-state index is -0.624. The molecule has 0 aliphatic heterocycles. The molecule has 2 atom stereocenters. The van der Waals surface area contributed by atoms with Crippen LogP contribution in [0.1, 0.15) is 25.0 Å². The normalized spacial score (nSPS) is 14.1. The second-order valence-corrected chi connectivity index (χ2v) is 3.88. The predicted octanol–water partition coefficient (Wildman–Crippen LogP) is 1.65. The second kappa shape index (κ2) is 7.04. The molecule has 0 heterocycles. The van der Waals surface area contributed by atoms with E-state index in [1.54, 1.807) is 7.11 Å². The molecule has 17 heavy (non-hydrogen) atoms. The molecule has 1 aromatic rings. The molecular formula is C13H19NO3. The van der Waals surface area contributed by atoms with Crippen molar-refractivity contribution in [1.29, 1.82) is 0 Å². The summed E-state index contributed by atoms with van der Waals surface area (Å²) in [5.41, 5.74) is 6.63. The van der Waals surface area contributed by atoms with Crippen LogP contribution in [-0.2, 0) is 14.3 Å². The summed E-state index contributed by atoms with van der Waals surface area (Å²) in [6.07, 6.45) is 0.189. The quantitative estimate of drug-likeness (QED) is 0.764. The minimum Gasteiger partial charge on any atom is -0.457 e. The van der Waals surface area contributed by atoms with Gasteiger partial charge < -0.3 is 15.2 Å². The fraction of sp³-hybridized carbons (Fsp3) is 0.462. The van der Waals surface area contributed by atoms with Crippen molar-refractivity contribution >= 4 is 5.97 Å². The van der Waals surface area contributed by atoms with Crippen LogP contribution in [0.5, 0.6) is 0 Å². The molecule has 0 saturated heterocycles. The van der Waals surface area contributed by atoms with Crippen molar-refractivity contribution in [3.8, 4) is 0 Å². The molecule has 0 fully saturated rings. The Labute approximate surface area is 102 Å². The highest BCUT2D eigenvalue weighted by atomic mass is 16.5. The number of ether oxygens (including phenoxy) is 2. The highest BCUT2D eigenvalue weighted by Crippen LogP contribution is 2.16. The molecule has 0 aromatic heterocycles. The maximum absolute atomic E-state index is 11.6. The van der Waals surface area contributed by atoms with Gasteiger partial charge in [-0.05, 0) is 18.9 Å². The molecule has 0 aliphatic rings. The van der Waals surface area contributed by atoms with E-state index in [9.17, 15) is 4.79 Å². The van der Waals surface area contributed by atoms with Gasteiger partial charge in [-0.15, -0.1) is 0 Å². The zero-order valence-electron chi connectivity index (χ0n) is 10.3. The maximum Gasteiger partial charge on any atom is 0.323 e. The number of methoxy groups -OCH3 is 1. The number of carbonyl (C=O) groups is 1. The number of carbonyl (C=O) groups excluding carboxylic acids is 1. The van der Waals surface area contributed by atoms with E-state index < -0.39 is 12.0 Å². The predicted molar refractivity (Wildman–Crippen MR) is 65.4 cm³/mol. The van der Waals surface area contributed by atoms with E-state index >= 15 is 0 Å². The summed E-state index contributed by atoms with van der Waals surface area (Å²) in [6, 6.07) is 8.94. The fourth-order valence-corrected chi connectivity index (χ4v) is 1.42. The van der Waals surface area contributed by atoms with E-state index in [4.69, 9.17) is 15.2 Å². The van der Waals surface area contributed by atoms with Gasteiger partial charge in [0.25, 0.3) is 0 Å². The van der Waals surface area contributed by atoms with Crippen LogP contribution in [0.3, 0.4) is 0 Å². The van der Waals surface area contributed by atoms with Crippen molar-refractivity contribution in [2.75, 3.05) is 13.7 Å². The zero-order valence-corrected chi connectivity index (χ0v) is 10.3. The third-order valence-electron chi connectivity index (χ3n) is 2.50. The number of esters is 1. The van der Waals surface area contributed by atoms with Gasteiger partial charge in [-0.25, -0.2) is 0 Å². The lowest BCUT2D eigenvalue weighted by molar-refractivity contribution is -0.150. The van der Waals surface area contributed by atoms with Crippen LogP contribution in [0, 0.1) is 0 Å². The zero-order chi connectivity index (χ0) is 12.7. The standard InChI is InChI=1S/C13H19NO3/c1-10(11-6-4-3-5-7-11)17-13(15)12(14)8-9-16-2/h3-7,10,12H,8-9,14H2,1-2H3. The van der Waals surface area contributed by atoms with E-state index in [0.717, 1.165) is 5.56 Å². The lowest BCUT2D eigenvalue weighted by Gasteiger charge is -2.16.